The Hall–Kier alpha value is -1.33. The summed E-state index contributed by atoms with van der Waals surface area (Å²) in [5.41, 5.74) is 2.58. The first-order valence-corrected chi connectivity index (χ1v) is 10.8. The molecule has 2 atom stereocenters. The highest BCUT2D eigenvalue weighted by molar-refractivity contribution is 7.17. The van der Waals surface area contributed by atoms with Gasteiger partial charge in [0.2, 0.25) is 0 Å². The molecule has 0 radical (unpaired) electrons. The maximum atomic E-state index is 12.8. The summed E-state index contributed by atoms with van der Waals surface area (Å²) in [4.78, 5) is 16.7. The van der Waals surface area contributed by atoms with E-state index in [9.17, 15) is 4.79 Å². The fraction of sp³-hybridized carbons (Fsp3) is 0.550. The van der Waals surface area contributed by atoms with Crippen LogP contribution in [0.4, 0.5) is 5.00 Å². The molecule has 1 aliphatic heterocycles. The van der Waals surface area contributed by atoms with E-state index in [-0.39, 0.29) is 12.1 Å². The van der Waals surface area contributed by atoms with Gasteiger partial charge in [-0.2, -0.15) is 0 Å². The molecule has 4 rings (SSSR count). The largest absolute Gasteiger partial charge is 0.352 e. The molecule has 0 aromatic carbocycles. The van der Waals surface area contributed by atoms with E-state index < -0.39 is 0 Å². The maximum Gasteiger partial charge on any atom is 0.256 e. The van der Waals surface area contributed by atoms with Crippen LogP contribution >= 0.6 is 22.7 Å². The number of carbonyl (C=O) groups is 1. The van der Waals surface area contributed by atoms with E-state index >= 15 is 0 Å². The lowest BCUT2D eigenvalue weighted by molar-refractivity contribution is 0.0935. The Morgan fingerprint density at radius 3 is 2.72 bits per heavy atom. The van der Waals surface area contributed by atoms with Crippen LogP contribution < -0.4 is 10.6 Å². The van der Waals surface area contributed by atoms with Gasteiger partial charge in [-0.1, -0.05) is 27.2 Å². The summed E-state index contributed by atoms with van der Waals surface area (Å²) >= 11 is 3.55. The van der Waals surface area contributed by atoms with Crippen LogP contribution in [0.2, 0.25) is 0 Å². The second-order valence-electron chi connectivity index (χ2n) is 7.99. The van der Waals surface area contributed by atoms with Crippen molar-refractivity contribution < 1.29 is 4.79 Å². The fourth-order valence-corrected chi connectivity index (χ4v) is 6.24. The van der Waals surface area contributed by atoms with Crippen LogP contribution in [0.1, 0.15) is 70.3 Å². The molecule has 2 aromatic heterocycles. The minimum Gasteiger partial charge on any atom is -0.352 e. The lowest BCUT2D eigenvalue weighted by Gasteiger charge is -2.36. The number of rotatable bonds is 3. The third kappa shape index (κ3) is 2.91. The molecule has 1 aliphatic carbocycles. The number of aryl methyl sites for hydroxylation is 1. The SMILES string of the molecule is CCC(C)(C)[C@H]1CCc2c(sc3c2C(=O)N[C@@H](c2ccc(C)s2)N3)C1. The Balaban J connectivity index is 1.63. The van der Waals surface area contributed by atoms with Crippen LogP contribution in [0.25, 0.3) is 0 Å². The molecule has 0 bridgehead atoms. The van der Waals surface area contributed by atoms with Crippen molar-refractivity contribution >= 4 is 33.6 Å². The molecule has 25 heavy (non-hydrogen) atoms. The second-order valence-corrected chi connectivity index (χ2v) is 10.4. The monoisotopic (exact) mass is 374 g/mol. The van der Waals surface area contributed by atoms with E-state index in [1.807, 2.05) is 11.3 Å². The van der Waals surface area contributed by atoms with Crippen molar-refractivity contribution in [1.29, 1.82) is 0 Å². The first-order chi connectivity index (χ1) is 11.9. The third-order valence-corrected chi connectivity index (χ3v) is 8.36. The predicted molar refractivity (Wildman–Crippen MR) is 107 cm³/mol. The summed E-state index contributed by atoms with van der Waals surface area (Å²) in [6, 6.07) is 4.22. The second kappa shape index (κ2) is 6.13. The topological polar surface area (TPSA) is 41.1 Å². The van der Waals surface area contributed by atoms with Crippen molar-refractivity contribution in [2.45, 2.75) is 59.5 Å². The molecule has 0 saturated heterocycles. The normalized spacial score (nSPS) is 22.8. The third-order valence-electron chi connectivity index (χ3n) is 6.11. The number of nitrogens with one attached hydrogen (secondary N) is 2. The van der Waals surface area contributed by atoms with Gasteiger partial charge in [-0.25, -0.2) is 0 Å². The van der Waals surface area contributed by atoms with Crippen molar-refractivity contribution in [2.24, 2.45) is 11.3 Å². The van der Waals surface area contributed by atoms with E-state index in [0.717, 1.165) is 23.4 Å². The highest BCUT2D eigenvalue weighted by atomic mass is 32.1. The van der Waals surface area contributed by atoms with Gasteiger partial charge < -0.3 is 10.6 Å². The summed E-state index contributed by atoms with van der Waals surface area (Å²) in [7, 11) is 0. The first-order valence-electron chi connectivity index (χ1n) is 9.17. The van der Waals surface area contributed by atoms with E-state index in [4.69, 9.17) is 0 Å². The average molecular weight is 375 g/mol. The fourth-order valence-electron chi connectivity index (χ4n) is 4.00. The highest BCUT2D eigenvalue weighted by Crippen LogP contribution is 2.47. The summed E-state index contributed by atoms with van der Waals surface area (Å²) in [5.74, 6) is 0.805. The lowest BCUT2D eigenvalue weighted by Crippen LogP contribution is -2.38. The van der Waals surface area contributed by atoms with Gasteiger partial charge in [0.1, 0.15) is 11.2 Å². The molecule has 0 fully saturated rings. The van der Waals surface area contributed by atoms with Gasteiger partial charge >= 0.3 is 0 Å². The van der Waals surface area contributed by atoms with Crippen LogP contribution in [-0.4, -0.2) is 5.91 Å². The van der Waals surface area contributed by atoms with Gasteiger partial charge in [-0.3, -0.25) is 4.79 Å². The van der Waals surface area contributed by atoms with Crippen LogP contribution in [0, 0.1) is 18.3 Å². The number of hydrogen-bond donors (Lipinski definition) is 2. The van der Waals surface area contributed by atoms with Gasteiger partial charge in [0, 0.05) is 14.6 Å². The molecule has 0 unspecified atom stereocenters. The quantitative estimate of drug-likeness (QED) is 0.743. The standard InChI is InChI=1S/C20H26N2OS2/c1-5-20(3,4)12-7-8-13-15(10-12)25-19-16(13)18(23)21-17(22-19)14-9-6-11(2)24-14/h6,9,12,17,22H,5,7-8,10H2,1-4H3,(H,21,23)/t12-,17+/m0/s1. The van der Waals surface area contributed by atoms with Crippen LogP contribution in [0.15, 0.2) is 12.1 Å². The molecule has 2 aromatic rings. The van der Waals surface area contributed by atoms with E-state index in [1.165, 1.54) is 33.0 Å². The Kier molecular flexibility index (Phi) is 4.19. The molecule has 0 spiro atoms. The number of hydrogen-bond acceptors (Lipinski definition) is 4. The molecular formula is C20H26N2OS2. The van der Waals surface area contributed by atoms with Crippen LogP contribution in [0.5, 0.6) is 0 Å². The van der Waals surface area contributed by atoms with Gasteiger partial charge in [0.15, 0.2) is 0 Å². The van der Waals surface area contributed by atoms with Crippen molar-refractivity contribution in [2.75, 3.05) is 5.32 Å². The van der Waals surface area contributed by atoms with Crippen molar-refractivity contribution in [3.05, 3.63) is 37.9 Å². The van der Waals surface area contributed by atoms with Crippen LogP contribution in [0.3, 0.4) is 0 Å². The van der Waals surface area contributed by atoms with Crippen molar-refractivity contribution in [3.8, 4) is 0 Å². The zero-order valence-corrected chi connectivity index (χ0v) is 17.0. The Bertz CT molecular complexity index is 818. The molecule has 5 heteroatoms. The van der Waals surface area contributed by atoms with E-state index in [1.54, 1.807) is 11.3 Å². The number of amides is 1. The lowest BCUT2D eigenvalue weighted by atomic mass is 9.69. The maximum absolute atomic E-state index is 12.8. The van der Waals surface area contributed by atoms with Crippen molar-refractivity contribution in [1.82, 2.24) is 5.32 Å². The zero-order valence-electron chi connectivity index (χ0n) is 15.4. The summed E-state index contributed by atoms with van der Waals surface area (Å²) in [6.45, 7) is 9.16. The van der Waals surface area contributed by atoms with Gasteiger partial charge in [-0.05, 0) is 55.2 Å². The number of carbonyl (C=O) groups excluding carboxylic acids is 1. The molecule has 2 aliphatic rings. The Morgan fingerprint density at radius 2 is 2.04 bits per heavy atom. The number of thiophene rings is 2. The minimum atomic E-state index is -0.0957. The van der Waals surface area contributed by atoms with Crippen molar-refractivity contribution in [3.63, 3.8) is 0 Å². The molecular weight excluding hydrogens is 348 g/mol. The smallest absolute Gasteiger partial charge is 0.256 e. The highest BCUT2D eigenvalue weighted by Gasteiger charge is 2.37. The van der Waals surface area contributed by atoms with E-state index in [0.29, 0.717) is 11.3 Å². The number of anilines is 1. The minimum absolute atomic E-state index is 0.0931. The van der Waals surface area contributed by atoms with Gasteiger partial charge in [-0.15, -0.1) is 22.7 Å². The van der Waals surface area contributed by atoms with Crippen LogP contribution in [-0.2, 0) is 12.8 Å². The first kappa shape index (κ1) is 17.1. The van der Waals surface area contributed by atoms with E-state index in [2.05, 4.69) is 50.5 Å². The molecule has 134 valence electrons. The van der Waals surface area contributed by atoms with Gasteiger partial charge in [0.25, 0.3) is 5.91 Å². The molecule has 1 amide bonds. The molecule has 3 nitrogen and oxygen atoms in total. The molecule has 2 N–H and O–H groups in total. The van der Waals surface area contributed by atoms with Gasteiger partial charge in [0.05, 0.1) is 5.56 Å². The molecule has 0 saturated carbocycles. The Morgan fingerprint density at radius 1 is 1.24 bits per heavy atom. The summed E-state index contributed by atoms with van der Waals surface area (Å²) in [6.07, 6.45) is 4.45. The summed E-state index contributed by atoms with van der Waals surface area (Å²) in [5, 5.41) is 7.81. The zero-order chi connectivity index (χ0) is 17.8. The predicted octanol–water partition coefficient (Wildman–Crippen LogP) is 5.51. The summed E-state index contributed by atoms with van der Waals surface area (Å²) < 4.78 is 0. The molecule has 3 heterocycles. The Labute approximate surface area is 157 Å². The number of fused-ring (bicyclic) bond motifs is 3. The average Bonchev–Trinajstić information content (AvgIpc) is 3.17.